The number of hydrogen-bond acceptors (Lipinski definition) is 5. The van der Waals surface area contributed by atoms with Gasteiger partial charge in [-0.05, 0) is 49.2 Å². The molecule has 8 heteroatoms. The normalized spacial score (nSPS) is 10.4. The van der Waals surface area contributed by atoms with Crippen molar-refractivity contribution >= 4 is 23.6 Å². The smallest absolute Gasteiger partial charge is 0.288 e. The molecule has 2 heterocycles. The maximum atomic E-state index is 12.0. The first-order valence-electron chi connectivity index (χ1n) is 8.28. The van der Waals surface area contributed by atoms with E-state index in [9.17, 15) is 9.59 Å². The zero-order chi connectivity index (χ0) is 19.2. The number of carbonyl (C=O) groups excluding carboxylic acids is 2. The number of imidazole rings is 1. The Bertz CT molecular complexity index is 956. The molecule has 1 aromatic carbocycles. The number of benzene rings is 1. The van der Waals surface area contributed by atoms with Crippen molar-refractivity contribution in [3.05, 3.63) is 71.8 Å². The van der Waals surface area contributed by atoms with E-state index >= 15 is 0 Å². The topological polar surface area (TPSA) is 88.9 Å². The number of thioether (sulfide) groups is 1. The van der Waals surface area contributed by atoms with Crippen molar-refractivity contribution in [2.24, 2.45) is 0 Å². The zero-order valence-electron chi connectivity index (χ0n) is 15.0. The summed E-state index contributed by atoms with van der Waals surface area (Å²) < 4.78 is 1.93. The van der Waals surface area contributed by atoms with Crippen LogP contribution < -0.4 is 10.9 Å². The van der Waals surface area contributed by atoms with E-state index in [2.05, 4.69) is 46.8 Å². The minimum Gasteiger partial charge on any atom is -0.295 e. The van der Waals surface area contributed by atoms with Gasteiger partial charge in [0.2, 0.25) is 5.91 Å². The number of pyridine rings is 1. The fourth-order valence-electron chi connectivity index (χ4n) is 2.32. The average molecular weight is 381 g/mol. The summed E-state index contributed by atoms with van der Waals surface area (Å²) in [6.07, 6.45) is 5.06. The molecule has 0 aliphatic carbocycles. The molecular formula is C19H19N5O2S. The molecule has 0 fully saturated rings. The van der Waals surface area contributed by atoms with E-state index in [-0.39, 0.29) is 17.4 Å². The summed E-state index contributed by atoms with van der Waals surface area (Å²) in [5, 5.41) is 0.699. The third-order valence-electron chi connectivity index (χ3n) is 3.92. The van der Waals surface area contributed by atoms with Crippen LogP contribution in [0.2, 0.25) is 0 Å². The third kappa shape index (κ3) is 4.73. The summed E-state index contributed by atoms with van der Waals surface area (Å²) in [7, 11) is 0. The minimum atomic E-state index is -0.467. The Labute approximate surface area is 161 Å². The molecule has 0 spiro atoms. The minimum absolute atomic E-state index is 0.115. The van der Waals surface area contributed by atoms with Gasteiger partial charge < -0.3 is 0 Å². The second-order valence-electron chi connectivity index (χ2n) is 5.85. The standard InChI is InChI=1S/C19H19N5O2S/c1-13-6-7-15(11-14(13)2)24-10-9-21-19(24)27-12-17(25)22-23-18(26)16-5-3-4-8-20-16/h3-11H,12H2,1-2H3,(H,22,25)(H,23,26). The van der Waals surface area contributed by atoms with Gasteiger partial charge in [0.15, 0.2) is 5.16 Å². The number of aryl methyl sites for hydroxylation is 2. The van der Waals surface area contributed by atoms with Crippen LogP contribution >= 0.6 is 11.8 Å². The number of hydrogen-bond donors (Lipinski definition) is 2. The van der Waals surface area contributed by atoms with Gasteiger partial charge >= 0.3 is 0 Å². The number of rotatable bonds is 5. The lowest BCUT2D eigenvalue weighted by Gasteiger charge is -2.10. The van der Waals surface area contributed by atoms with E-state index in [0.717, 1.165) is 5.69 Å². The molecule has 0 saturated heterocycles. The van der Waals surface area contributed by atoms with Crippen LogP contribution in [-0.2, 0) is 4.79 Å². The lowest BCUT2D eigenvalue weighted by molar-refractivity contribution is -0.119. The highest BCUT2D eigenvalue weighted by Crippen LogP contribution is 2.21. The van der Waals surface area contributed by atoms with Gasteiger partial charge in [-0.2, -0.15) is 0 Å². The zero-order valence-corrected chi connectivity index (χ0v) is 15.8. The molecule has 0 bridgehead atoms. The molecule has 0 saturated carbocycles. The molecule has 0 unspecified atom stereocenters. The Kier molecular flexibility index (Phi) is 5.87. The summed E-state index contributed by atoms with van der Waals surface area (Å²) in [5.41, 5.74) is 8.36. The average Bonchev–Trinajstić information content (AvgIpc) is 3.16. The number of nitrogens with one attached hydrogen (secondary N) is 2. The van der Waals surface area contributed by atoms with Gasteiger partial charge in [-0.3, -0.25) is 30.0 Å². The quantitative estimate of drug-likeness (QED) is 0.523. The van der Waals surface area contributed by atoms with E-state index < -0.39 is 5.91 Å². The fourth-order valence-corrected chi connectivity index (χ4v) is 3.10. The van der Waals surface area contributed by atoms with Gasteiger partial charge in [0.05, 0.1) is 5.75 Å². The SMILES string of the molecule is Cc1ccc(-n2ccnc2SCC(=O)NNC(=O)c2ccccn2)cc1C. The van der Waals surface area contributed by atoms with E-state index in [1.165, 1.54) is 29.1 Å². The number of aromatic nitrogens is 3. The molecule has 2 aromatic heterocycles. The highest BCUT2D eigenvalue weighted by Gasteiger charge is 2.11. The van der Waals surface area contributed by atoms with Gasteiger partial charge in [0, 0.05) is 24.3 Å². The lowest BCUT2D eigenvalue weighted by Crippen LogP contribution is -2.42. The maximum absolute atomic E-state index is 12.0. The van der Waals surface area contributed by atoms with Gasteiger partial charge in [-0.15, -0.1) is 0 Å². The molecule has 2 N–H and O–H groups in total. The monoisotopic (exact) mass is 381 g/mol. The van der Waals surface area contributed by atoms with Crippen LogP contribution in [0.25, 0.3) is 5.69 Å². The van der Waals surface area contributed by atoms with Crippen molar-refractivity contribution in [2.75, 3.05) is 5.75 Å². The summed E-state index contributed by atoms with van der Waals surface area (Å²) in [6.45, 7) is 4.12. The van der Waals surface area contributed by atoms with Crippen LogP contribution in [0.4, 0.5) is 0 Å². The Morgan fingerprint density at radius 2 is 1.89 bits per heavy atom. The molecule has 138 valence electrons. The van der Waals surface area contributed by atoms with Crippen LogP contribution in [0.15, 0.2) is 60.1 Å². The Morgan fingerprint density at radius 3 is 2.63 bits per heavy atom. The highest BCUT2D eigenvalue weighted by molar-refractivity contribution is 7.99. The van der Waals surface area contributed by atoms with Gasteiger partial charge in [0.1, 0.15) is 5.69 Å². The predicted molar refractivity (Wildman–Crippen MR) is 104 cm³/mol. The first kappa shape index (κ1) is 18.7. The van der Waals surface area contributed by atoms with E-state index in [1.54, 1.807) is 24.4 Å². The number of hydrazine groups is 1. The molecule has 7 nitrogen and oxygen atoms in total. The van der Waals surface area contributed by atoms with Crippen LogP contribution in [0.1, 0.15) is 21.6 Å². The molecular weight excluding hydrogens is 362 g/mol. The fraction of sp³-hybridized carbons (Fsp3) is 0.158. The summed E-state index contributed by atoms with van der Waals surface area (Å²) in [6, 6.07) is 11.1. The lowest BCUT2D eigenvalue weighted by atomic mass is 10.1. The Hall–Kier alpha value is -3.13. The molecule has 2 amide bonds. The van der Waals surface area contributed by atoms with Crippen molar-refractivity contribution < 1.29 is 9.59 Å². The largest absolute Gasteiger partial charge is 0.295 e. The first-order chi connectivity index (χ1) is 13.0. The van der Waals surface area contributed by atoms with Gasteiger partial charge in [-0.1, -0.05) is 23.9 Å². The second-order valence-corrected chi connectivity index (χ2v) is 6.80. The summed E-state index contributed by atoms with van der Waals surface area (Å²) in [4.78, 5) is 32.1. The molecule has 0 aliphatic heterocycles. The van der Waals surface area contributed by atoms with Crippen molar-refractivity contribution in [3.63, 3.8) is 0 Å². The Morgan fingerprint density at radius 1 is 1.04 bits per heavy atom. The van der Waals surface area contributed by atoms with Crippen LogP contribution in [0, 0.1) is 13.8 Å². The number of amides is 2. The van der Waals surface area contributed by atoms with Crippen molar-refractivity contribution in [3.8, 4) is 5.69 Å². The highest BCUT2D eigenvalue weighted by atomic mass is 32.2. The molecule has 3 rings (SSSR count). The molecule has 0 atom stereocenters. The summed E-state index contributed by atoms with van der Waals surface area (Å²) >= 11 is 1.29. The van der Waals surface area contributed by atoms with Gasteiger partial charge in [-0.25, -0.2) is 4.98 Å². The van der Waals surface area contributed by atoms with Crippen LogP contribution in [-0.4, -0.2) is 32.1 Å². The van der Waals surface area contributed by atoms with E-state index in [4.69, 9.17) is 0 Å². The number of nitrogens with zero attached hydrogens (tertiary/aromatic N) is 3. The van der Waals surface area contributed by atoms with Crippen LogP contribution in [0.5, 0.6) is 0 Å². The predicted octanol–water partition coefficient (Wildman–Crippen LogP) is 2.44. The van der Waals surface area contributed by atoms with Gasteiger partial charge in [0.25, 0.3) is 5.91 Å². The molecule has 0 aliphatic rings. The second kappa shape index (κ2) is 8.50. The Balaban J connectivity index is 1.56. The van der Waals surface area contributed by atoms with Crippen molar-refractivity contribution in [1.82, 2.24) is 25.4 Å². The van der Waals surface area contributed by atoms with Crippen molar-refractivity contribution in [1.29, 1.82) is 0 Å². The van der Waals surface area contributed by atoms with Crippen molar-refractivity contribution in [2.45, 2.75) is 19.0 Å². The maximum Gasteiger partial charge on any atom is 0.288 e. The van der Waals surface area contributed by atoms with E-state index in [1.807, 2.05) is 16.8 Å². The molecule has 3 aromatic rings. The number of carbonyl (C=O) groups is 2. The van der Waals surface area contributed by atoms with Crippen LogP contribution in [0.3, 0.4) is 0 Å². The first-order valence-corrected chi connectivity index (χ1v) is 9.27. The molecule has 0 radical (unpaired) electrons. The van der Waals surface area contributed by atoms with E-state index in [0.29, 0.717) is 5.16 Å². The third-order valence-corrected chi connectivity index (χ3v) is 4.89. The summed E-state index contributed by atoms with van der Waals surface area (Å²) in [5.74, 6) is -0.686. The molecule has 27 heavy (non-hydrogen) atoms.